The maximum absolute atomic E-state index is 13.6. The number of nitriles is 1. The lowest BCUT2D eigenvalue weighted by molar-refractivity contribution is 0.247. The third-order valence-corrected chi connectivity index (χ3v) is 6.96. The zero-order valence-electron chi connectivity index (χ0n) is 22.0. The molecule has 1 fully saturated rings. The molecule has 1 aliphatic rings. The molecule has 1 aromatic heterocycles. The zero-order valence-corrected chi connectivity index (χ0v) is 22.0. The number of ether oxygens (including phenoxy) is 2. The number of benzene rings is 3. The summed E-state index contributed by atoms with van der Waals surface area (Å²) in [5.41, 5.74) is 3.96. The van der Waals surface area contributed by atoms with Crippen LogP contribution in [-0.4, -0.2) is 54.6 Å². The SMILES string of the molecule is COc1ccc(CCOc2c(N3CCN(Cc4ccccc4C#N)CC3)cnn(-c3ccccc3)c2=O)cc1. The summed E-state index contributed by atoms with van der Waals surface area (Å²) in [7, 11) is 1.64. The van der Waals surface area contributed by atoms with E-state index in [-0.39, 0.29) is 5.56 Å². The fourth-order valence-corrected chi connectivity index (χ4v) is 4.76. The van der Waals surface area contributed by atoms with Crippen LogP contribution < -0.4 is 19.9 Å². The van der Waals surface area contributed by atoms with Gasteiger partial charge >= 0.3 is 5.56 Å². The third kappa shape index (κ3) is 6.11. The molecule has 3 aromatic carbocycles. The van der Waals surface area contributed by atoms with E-state index in [2.05, 4.69) is 21.0 Å². The lowest BCUT2D eigenvalue weighted by atomic mass is 10.1. The van der Waals surface area contributed by atoms with Crippen LogP contribution in [-0.2, 0) is 13.0 Å². The van der Waals surface area contributed by atoms with Gasteiger partial charge in [0, 0.05) is 39.1 Å². The molecule has 0 unspecified atom stereocenters. The number of nitrogens with zero attached hydrogens (tertiary/aromatic N) is 5. The van der Waals surface area contributed by atoms with Gasteiger partial charge in [0.05, 0.1) is 37.2 Å². The molecule has 0 bridgehead atoms. The Kier molecular flexibility index (Phi) is 8.20. The molecular formula is C31H31N5O3. The molecule has 0 amide bonds. The number of aromatic nitrogens is 2. The summed E-state index contributed by atoms with van der Waals surface area (Å²) >= 11 is 0. The minimum atomic E-state index is -0.279. The molecule has 8 heteroatoms. The third-order valence-electron chi connectivity index (χ3n) is 6.96. The van der Waals surface area contributed by atoms with Gasteiger partial charge < -0.3 is 14.4 Å². The van der Waals surface area contributed by atoms with Crippen LogP contribution in [0.3, 0.4) is 0 Å². The van der Waals surface area contributed by atoms with Gasteiger partial charge in [-0.3, -0.25) is 9.69 Å². The monoisotopic (exact) mass is 521 g/mol. The molecular weight excluding hydrogens is 490 g/mol. The second-order valence-electron chi connectivity index (χ2n) is 9.39. The summed E-state index contributed by atoms with van der Waals surface area (Å²) in [4.78, 5) is 18.1. The van der Waals surface area contributed by atoms with Crippen molar-refractivity contribution in [3.05, 3.63) is 112 Å². The van der Waals surface area contributed by atoms with Crippen molar-refractivity contribution < 1.29 is 9.47 Å². The Hall–Kier alpha value is -4.61. The summed E-state index contributed by atoms with van der Waals surface area (Å²) in [6, 6.07) is 27.2. The van der Waals surface area contributed by atoms with Crippen LogP contribution in [0.1, 0.15) is 16.7 Å². The Labute approximate surface area is 228 Å². The van der Waals surface area contributed by atoms with Crippen LogP contribution in [0.5, 0.6) is 11.5 Å². The molecule has 0 spiro atoms. The molecule has 0 saturated carbocycles. The second-order valence-corrected chi connectivity index (χ2v) is 9.39. The van der Waals surface area contributed by atoms with Crippen LogP contribution in [0.2, 0.25) is 0 Å². The fourth-order valence-electron chi connectivity index (χ4n) is 4.76. The molecule has 8 nitrogen and oxygen atoms in total. The first kappa shape index (κ1) is 26.0. The largest absolute Gasteiger partial charge is 0.497 e. The van der Waals surface area contributed by atoms with Crippen molar-refractivity contribution in [2.75, 3.05) is 44.8 Å². The molecule has 2 heterocycles. The number of rotatable bonds is 9. The second kappa shape index (κ2) is 12.3. The van der Waals surface area contributed by atoms with Crippen molar-refractivity contribution in [2.45, 2.75) is 13.0 Å². The Balaban J connectivity index is 1.33. The van der Waals surface area contributed by atoms with E-state index in [0.717, 1.165) is 49.6 Å². The van der Waals surface area contributed by atoms with Crippen molar-refractivity contribution in [3.8, 4) is 23.3 Å². The van der Waals surface area contributed by atoms with Crippen LogP contribution >= 0.6 is 0 Å². The standard InChI is InChI=1S/C31H31N5O3/c1-38-28-13-11-24(12-14-28)15-20-39-30-29(22-33-36(31(30)37)27-9-3-2-4-10-27)35-18-16-34(17-19-35)23-26-8-6-5-7-25(26)21-32/h2-14,22H,15-20,23H2,1H3. The van der Waals surface area contributed by atoms with Crippen molar-refractivity contribution >= 4 is 5.69 Å². The molecule has 0 N–H and O–H groups in total. The minimum absolute atomic E-state index is 0.279. The molecule has 1 saturated heterocycles. The van der Waals surface area contributed by atoms with Gasteiger partial charge in [0.2, 0.25) is 5.75 Å². The summed E-state index contributed by atoms with van der Waals surface area (Å²) in [6.45, 7) is 4.12. The van der Waals surface area contributed by atoms with Crippen LogP contribution in [0, 0.1) is 11.3 Å². The quantitative estimate of drug-likeness (QED) is 0.329. The van der Waals surface area contributed by atoms with E-state index >= 15 is 0 Å². The molecule has 0 atom stereocenters. The van der Waals surface area contributed by atoms with E-state index in [1.807, 2.05) is 78.9 Å². The first-order chi connectivity index (χ1) is 19.2. The van der Waals surface area contributed by atoms with Gasteiger partial charge in [0.1, 0.15) is 11.4 Å². The van der Waals surface area contributed by atoms with E-state index in [9.17, 15) is 10.1 Å². The van der Waals surface area contributed by atoms with E-state index < -0.39 is 0 Å². The Morgan fingerprint density at radius 2 is 1.64 bits per heavy atom. The van der Waals surface area contributed by atoms with E-state index in [1.54, 1.807) is 13.3 Å². The van der Waals surface area contributed by atoms with Crippen molar-refractivity contribution in [3.63, 3.8) is 0 Å². The topological polar surface area (TPSA) is 83.6 Å². The highest BCUT2D eigenvalue weighted by Gasteiger charge is 2.24. The van der Waals surface area contributed by atoms with Gasteiger partial charge in [-0.05, 0) is 41.5 Å². The zero-order chi connectivity index (χ0) is 27.0. The molecule has 198 valence electrons. The lowest BCUT2D eigenvalue weighted by Gasteiger charge is -2.36. The highest BCUT2D eigenvalue weighted by atomic mass is 16.5. The maximum Gasteiger partial charge on any atom is 0.316 e. The minimum Gasteiger partial charge on any atom is -0.497 e. The van der Waals surface area contributed by atoms with Crippen molar-refractivity contribution in [2.24, 2.45) is 0 Å². The molecule has 39 heavy (non-hydrogen) atoms. The van der Waals surface area contributed by atoms with E-state index in [0.29, 0.717) is 35.7 Å². The number of hydrogen-bond acceptors (Lipinski definition) is 7. The highest BCUT2D eigenvalue weighted by Crippen LogP contribution is 2.26. The fraction of sp³-hybridized carbons (Fsp3) is 0.258. The summed E-state index contributed by atoms with van der Waals surface area (Å²) < 4.78 is 12.8. The van der Waals surface area contributed by atoms with E-state index in [4.69, 9.17) is 9.47 Å². The highest BCUT2D eigenvalue weighted by molar-refractivity contribution is 5.57. The molecule has 1 aliphatic heterocycles. The first-order valence-corrected chi connectivity index (χ1v) is 13.0. The predicted molar refractivity (Wildman–Crippen MR) is 151 cm³/mol. The van der Waals surface area contributed by atoms with Crippen molar-refractivity contribution in [1.29, 1.82) is 5.26 Å². The average molecular weight is 522 g/mol. The molecule has 0 radical (unpaired) electrons. The Bertz CT molecular complexity index is 1490. The number of methoxy groups -OCH3 is 1. The van der Waals surface area contributed by atoms with Gasteiger partial charge in [-0.1, -0.05) is 48.5 Å². The first-order valence-electron chi connectivity index (χ1n) is 13.0. The average Bonchev–Trinajstić information content (AvgIpc) is 2.99. The number of anilines is 1. The van der Waals surface area contributed by atoms with Crippen LogP contribution in [0.4, 0.5) is 5.69 Å². The van der Waals surface area contributed by atoms with Crippen LogP contribution in [0.15, 0.2) is 89.9 Å². The van der Waals surface area contributed by atoms with Crippen molar-refractivity contribution in [1.82, 2.24) is 14.7 Å². The molecule has 5 rings (SSSR count). The number of para-hydroxylation sites is 1. The van der Waals surface area contributed by atoms with Crippen LogP contribution in [0.25, 0.3) is 5.69 Å². The predicted octanol–water partition coefficient (Wildman–Crippen LogP) is 4.06. The summed E-state index contributed by atoms with van der Waals surface area (Å²) in [5, 5.41) is 13.9. The Morgan fingerprint density at radius 1 is 0.923 bits per heavy atom. The van der Waals surface area contributed by atoms with Gasteiger partial charge in [0.15, 0.2) is 0 Å². The van der Waals surface area contributed by atoms with E-state index in [1.165, 1.54) is 4.68 Å². The summed E-state index contributed by atoms with van der Waals surface area (Å²) in [5.74, 6) is 1.11. The van der Waals surface area contributed by atoms with Gasteiger partial charge in [-0.2, -0.15) is 15.0 Å². The smallest absolute Gasteiger partial charge is 0.316 e. The number of piperazine rings is 1. The van der Waals surface area contributed by atoms with Gasteiger partial charge in [0.25, 0.3) is 0 Å². The van der Waals surface area contributed by atoms with Gasteiger partial charge in [-0.15, -0.1) is 0 Å². The van der Waals surface area contributed by atoms with Gasteiger partial charge in [-0.25, -0.2) is 0 Å². The Morgan fingerprint density at radius 3 is 2.36 bits per heavy atom. The lowest BCUT2D eigenvalue weighted by Crippen LogP contribution is -2.46. The number of hydrogen-bond donors (Lipinski definition) is 0. The maximum atomic E-state index is 13.6. The molecule has 0 aliphatic carbocycles. The summed E-state index contributed by atoms with van der Waals surface area (Å²) in [6.07, 6.45) is 2.39. The normalized spacial score (nSPS) is 13.6. The molecule has 4 aromatic rings.